The van der Waals surface area contributed by atoms with Gasteiger partial charge in [-0.05, 0) is 37.1 Å². The lowest BCUT2D eigenvalue weighted by Crippen LogP contribution is -2.41. The summed E-state index contributed by atoms with van der Waals surface area (Å²) >= 11 is 0. The number of carbonyl (C=O) groups is 1. The fourth-order valence-corrected chi connectivity index (χ4v) is 3.77. The van der Waals surface area contributed by atoms with Crippen molar-refractivity contribution in [2.24, 2.45) is 0 Å². The number of carbonyl (C=O) groups excluding carboxylic acids is 1. The average molecular weight is 402 g/mol. The van der Waals surface area contributed by atoms with E-state index in [1.54, 1.807) is 0 Å². The molecule has 3 heteroatoms. The Morgan fingerprint density at radius 1 is 0.867 bits per heavy atom. The third kappa shape index (κ3) is 6.57. The van der Waals surface area contributed by atoms with E-state index in [0.717, 1.165) is 43.6 Å². The minimum absolute atomic E-state index is 0.00104. The highest BCUT2D eigenvalue weighted by Gasteiger charge is 2.28. The van der Waals surface area contributed by atoms with Crippen molar-refractivity contribution in [1.82, 2.24) is 4.90 Å². The van der Waals surface area contributed by atoms with Gasteiger partial charge in [-0.15, -0.1) is 0 Å². The summed E-state index contributed by atoms with van der Waals surface area (Å²) in [6.07, 6.45) is 2.05. The first-order chi connectivity index (χ1) is 14.8. The van der Waals surface area contributed by atoms with Crippen molar-refractivity contribution >= 4 is 5.97 Å². The van der Waals surface area contributed by atoms with Gasteiger partial charge in [-0.25, -0.2) is 0 Å². The van der Waals surface area contributed by atoms with Crippen LogP contribution >= 0.6 is 0 Å². The molecule has 0 N–H and O–H groups in total. The van der Waals surface area contributed by atoms with Crippen LogP contribution in [0.4, 0.5) is 0 Å². The number of piperidine rings is 1. The van der Waals surface area contributed by atoms with Crippen molar-refractivity contribution in [3.63, 3.8) is 0 Å². The SMILES string of the molecule is CCN1CCCC(OC(=O)C(c2ccccc2)c2ccccc2)C1.c1ccccc1. The van der Waals surface area contributed by atoms with Crippen LogP contribution in [-0.4, -0.2) is 36.6 Å². The molecule has 1 atom stereocenters. The van der Waals surface area contributed by atoms with Crippen LogP contribution in [0.3, 0.4) is 0 Å². The summed E-state index contributed by atoms with van der Waals surface area (Å²) in [5, 5.41) is 0. The molecule has 1 aliphatic rings. The van der Waals surface area contributed by atoms with Gasteiger partial charge < -0.3 is 4.74 Å². The molecular weight excluding hydrogens is 370 g/mol. The zero-order chi connectivity index (χ0) is 21.0. The zero-order valence-electron chi connectivity index (χ0n) is 17.7. The quantitative estimate of drug-likeness (QED) is 0.526. The summed E-state index contributed by atoms with van der Waals surface area (Å²) in [7, 11) is 0. The van der Waals surface area contributed by atoms with Crippen molar-refractivity contribution in [2.45, 2.75) is 31.8 Å². The zero-order valence-corrected chi connectivity index (χ0v) is 17.7. The third-order valence-corrected chi connectivity index (χ3v) is 5.36. The highest BCUT2D eigenvalue weighted by atomic mass is 16.5. The second-order valence-electron chi connectivity index (χ2n) is 7.50. The van der Waals surface area contributed by atoms with Crippen LogP contribution in [0, 0.1) is 0 Å². The number of likely N-dealkylation sites (tertiary alicyclic amines) is 1. The lowest BCUT2D eigenvalue weighted by Gasteiger charge is -2.32. The second-order valence-corrected chi connectivity index (χ2v) is 7.50. The molecule has 0 saturated carbocycles. The Balaban J connectivity index is 0.000000367. The third-order valence-electron chi connectivity index (χ3n) is 5.36. The molecule has 1 saturated heterocycles. The molecule has 1 unspecified atom stereocenters. The Labute approximate surface area is 180 Å². The van der Waals surface area contributed by atoms with Gasteiger partial charge in [-0.1, -0.05) is 104 Å². The summed E-state index contributed by atoms with van der Waals surface area (Å²) in [5.41, 5.74) is 1.97. The van der Waals surface area contributed by atoms with Gasteiger partial charge >= 0.3 is 5.97 Å². The smallest absolute Gasteiger partial charge is 0.318 e. The first kappa shape index (κ1) is 21.8. The summed E-state index contributed by atoms with van der Waals surface area (Å²) in [5.74, 6) is -0.500. The van der Waals surface area contributed by atoms with E-state index in [1.165, 1.54) is 0 Å². The number of nitrogens with zero attached hydrogens (tertiary/aromatic N) is 1. The van der Waals surface area contributed by atoms with E-state index < -0.39 is 0 Å². The monoisotopic (exact) mass is 401 g/mol. The molecule has 0 spiro atoms. The molecular formula is C27H31NO2. The summed E-state index contributed by atoms with van der Waals surface area (Å²) in [6.45, 7) is 5.11. The van der Waals surface area contributed by atoms with E-state index >= 15 is 0 Å². The number of hydrogen-bond acceptors (Lipinski definition) is 3. The van der Waals surface area contributed by atoms with Crippen LogP contribution in [0.5, 0.6) is 0 Å². The molecule has 3 aromatic carbocycles. The van der Waals surface area contributed by atoms with Crippen LogP contribution < -0.4 is 0 Å². The number of likely N-dealkylation sites (N-methyl/N-ethyl adjacent to an activating group) is 1. The maximum absolute atomic E-state index is 13.0. The van der Waals surface area contributed by atoms with Crippen LogP contribution in [0.15, 0.2) is 97.1 Å². The Morgan fingerprint density at radius 2 is 1.33 bits per heavy atom. The fourth-order valence-electron chi connectivity index (χ4n) is 3.77. The normalized spacial score (nSPS) is 16.4. The number of ether oxygens (including phenoxy) is 1. The highest BCUT2D eigenvalue weighted by molar-refractivity contribution is 5.82. The summed E-state index contributed by atoms with van der Waals surface area (Å²) < 4.78 is 5.91. The fraction of sp³-hybridized carbons (Fsp3) is 0.296. The van der Waals surface area contributed by atoms with Gasteiger partial charge in [0, 0.05) is 6.54 Å². The molecule has 0 aromatic heterocycles. The Bertz CT molecular complexity index is 786. The van der Waals surface area contributed by atoms with E-state index in [-0.39, 0.29) is 18.0 Å². The average Bonchev–Trinajstić information content (AvgIpc) is 2.82. The van der Waals surface area contributed by atoms with Crippen molar-refractivity contribution in [1.29, 1.82) is 0 Å². The van der Waals surface area contributed by atoms with Crippen molar-refractivity contribution < 1.29 is 9.53 Å². The van der Waals surface area contributed by atoms with Crippen LogP contribution in [0.2, 0.25) is 0 Å². The molecule has 3 aromatic rings. The summed E-state index contributed by atoms with van der Waals surface area (Å²) in [4.78, 5) is 15.3. The molecule has 1 heterocycles. The molecule has 1 aliphatic heterocycles. The van der Waals surface area contributed by atoms with E-state index in [1.807, 2.05) is 97.1 Å². The van der Waals surface area contributed by atoms with E-state index in [0.29, 0.717) is 0 Å². The van der Waals surface area contributed by atoms with Crippen LogP contribution in [-0.2, 0) is 9.53 Å². The highest BCUT2D eigenvalue weighted by Crippen LogP contribution is 2.27. The number of hydrogen-bond donors (Lipinski definition) is 0. The topological polar surface area (TPSA) is 29.5 Å². The summed E-state index contributed by atoms with van der Waals surface area (Å²) in [6, 6.07) is 31.8. The molecule has 156 valence electrons. The second kappa shape index (κ2) is 11.9. The van der Waals surface area contributed by atoms with Crippen LogP contribution in [0.25, 0.3) is 0 Å². The standard InChI is InChI=1S/C21H25NO2.C6H6/c1-2-22-15-9-14-19(16-22)24-21(23)20(17-10-5-3-6-11-17)18-12-7-4-8-13-18;1-2-4-6-5-3-1/h3-8,10-13,19-20H,2,9,14-16H2,1H3;1-6H. The van der Waals surface area contributed by atoms with Crippen molar-refractivity contribution in [3.05, 3.63) is 108 Å². The Kier molecular flexibility index (Phi) is 8.67. The predicted octanol–water partition coefficient (Wildman–Crippen LogP) is 5.53. The molecule has 0 amide bonds. The van der Waals surface area contributed by atoms with Gasteiger partial charge in [0.15, 0.2) is 0 Å². The molecule has 0 bridgehead atoms. The van der Waals surface area contributed by atoms with Gasteiger partial charge in [0.05, 0.1) is 0 Å². The molecule has 30 heavy (non-hydrogen) atoms. The predicted molar refractivity (Wildman–Crippen MR) is 122 cm³/mol. The van der Waals surface area contributed by atoms with Gasteiger partial charge in [-0.2, -0.15) is 0 Å². The first-order valence-electron chi connectivity index (χ1n) is 10.8. The van der Waals surface area contributed by atoms with Gasteiger partial charge in [-0.3, -0.25) is 9.69 Å². The van der Waals surface area contributed by atoms with Crippen LogP contribution in [0.1, 0.15) is 36.8 Å². The largest absolute Gasteiger partial charge is 0.460 e. The minimum Gasteiger partial charge on any atom is -0.460 e. The molecule has 1 fully saturated rings. The number of esters is 1. The maximum atomic E-state index is 13.0. The first-order valence-corrected chi connectivity index (χ1v) is 10.8. The number of rotatable bonds is 5. The lowest BCUT2D eigenvalue weighted by atomic mass is 9.91. The maximum Gasteiger partial charge on any atom is 0.318 e. The molecule has 0 aliphatic carbocycles. The van der Waals surface area contributed by atoms with E-state index in [2.05, 4.69) is 11.8 Å². The Hall–Kier alpha value is -2.91. The van der Waals surface area contributed by atoms with Crippen molar-refractivity contribution in [2.75, 3.05) is 19.6 Å². The van der Waals surface area contributed by atoms with Gasteiger partial charge in [0.2, 0.25) is 0 Å². The molecule has 0 radical (unpaired) electrons. The Morgan fingerprint density at radius 3 is 1.80 bits per heavy atom. The van der Waals surface area contributed by atoms with Gasteiger partial charge in [0.25, 0.3) is 0 Å². The minimum atomic E-state index is -0.357. The number of benzene rings is 3. The molecule has 3 nitrogen and oxygen atoms in total. The van der Waals surface area contributed by atoms with Crippen molar-refractivity contribution in [3.8, 4) is 0 Å². The van der Waals surface area contributed by atoms with E-state index in [9.17, 15) is 4.79 Å². The lowest BCUT2D eigenvalue weighted by molar-refractivity contribution is -0.152. The molecule has 4 rings (SSSR count). The van der Waals surface area contributed by atoms with E-state index in [4.69, 9.17) is 4.74 Å². The van der Waals surface area contributed by atoms with Gasteiger partial charge in [0.1, 0.15) is 12.0 Å².